The topological polar surface area (TPSA) is 179 Å². The fourth-order valence-corrected chi connectivity index (χ4v) is 7.17. The van der Waals surface area contributed by atoms with Crippen molar-refractivity contribution in [1.82, 2.24) is 0 Å². The van der Waals surface area contributed by atoms with Crippen LogP contribution in [0, 0.1) is 13.8 Å². The fraction of sp³-hybridized carbons (Fsp3) is 0.0714. The zero-order valence-corrected chi connectivity index (χ0v) is 25.5. The highest BCUT2D eigenvalue weighted by molar-refractivity contribution is 7.93. The number of rotatable bonds is 6. The molecule has 0 saturated heterocycles. The first-order chi connectivity index (χ1) is 19.6. The SMILES string of the molecule is Cc1ccc(S(=O)(=O)Nc2cc(S)c(N)c3c2C(=O)c2c(N)c(S)cc(NS(=O)(=O)c4ccc(C)cc4)c2C3=O)cc1. The van der Waals surface area contributed by atoms with Crippen LogP contribution < -0.4 is 20.9 Å². The van der Waals surface area contributed by atoms with Crippen molar-refractivity contribution in [3.63, 3.8) is 0 Å². The number of carbonyl (C=O) groups excluding carboxylic acids is 2. The number of hydrogen-bond acceptors (Lipinski definition) is 10. The summed E-state index contributed by atoms with van der Waals surface area (Å²) in [6.07, 6.45) is 0. The lowest BCUT2D eigenvalue weighted by molar-refractivity contribution is 0.0981. The second-order valence-electron chi connectivity index (χ2n) is 9.71. The average molecular weight is 641 g/mol. The summed E-state index contributed by atoms with van der Waals surface area (Å²) in [5.74, 6) is -1.71. The second-order valence-corrected chi connectivity index (χ2v) is 14.0. The van der Waals surface area contributed by atoms with Crippen LogP contribution in [0.5, 0.6) is 0 Å². The van der Waals surface area contributed by atoms with Gasteiger partial charge >= 0.3 is 0 Å². The number of benzene rings is 4. The highest BCUT2D eigenvalue weighted by atomic mass is 32.2. The Kier molecular flexibility index (Phi) is 7.29. The normalized spacial score (nSPS) is 13.0. The summed E-state index contributed by atoms with van der Waals surface area (Å²) in [7, 11) is -8.44. The Morgan fingerprint density at radius 2 is 0.881 bits per heavy atom. The van der Waals surface area contributed by atoms with Gasteiger partial charge in [0.15, 0.2) is 11.6 Å². The lowest BCUT2D eigenvalue weighted by atomic mass is 9.81. The molecule has 216 valence electrons. The van der Waals surface area contributed by atoms with E-state index in [2.05, 4.69) is 34.7 Å². The molecule has 0 bridgehead atoms. The summed E-state index contributed by atoms with van der Waals surface area (Å²) < 4.78 is 57.7. The van der Waals surface area contributed by atoms with Gasteiger partial charge in [-0.1, -0.05) is 35.4 Å². The van der Waals surface area contributed by atoms with Crippen LogP contribution in [0.25, 0.3) is 0 Å². The minimum atomic E-state index is -4.22. The van der Waals surface area contributed by atoms with Crippen molar-refractivity contribution in [2.24, 2.45) is 0 Å². The summed E-state index contributed by atoms with van der Waals surface area (Å²) in [5.41, 5.74) is 11.8. The minimum Gasteiger partial charge on any atom is -0.397 e. The summed E-state index contributed by atoms with van der Waals surface area (Å²) in [5, 5.41) is 0. The van der Waals surface area contributed by atoms with Crippen LogP contribution in [-0.4, -0.2) is 28.4 Å². The number of aryl methyl sites for hydroxylation is 2. The fourth-order valence-electron chi connectivity index (χ4n) is 4.56. The number of nitrogens with one attached hydrogen (secondary N) is 2. The van der Waals surface area contributed by atoms with Crippen molar-refractivity contribution in [3.05, 3.63) is 94.0 Å². The van der Waals surface area contributed by atoms with E-state index in [1.165, 1.54) is 36.4 Å². The lowest BCUT2D eigenvalue weighted by Gasteiger charge is -2.26. The van der Waals surface area contributed by atoms with Crippen molar-refractivity contribution in [2.45, 2.75) is 33.4 Å². The molecule has 0 radical (unpaired) electrons. The molecule has 42 heavy (non-hydrogen) atoms. The molecule has 0 saturated carbocycles. The average Bonchev–Trinajstić information content (AvgIpc) is 2.91. The first-order valence-electron chi connectivity index (χ1n) is 12.2. The number of sulfonamides is 2. The summed E-state index contributed by atoms with van der Waals surface area (Å²) in [4.78, 5) is 27.9. The summed E-state index contributed by atoms with van der Waals surface area (Å²) in [6, 6.07) is 14.4. The molecule has 0 aliphatic heterocycles. The molecule has 0 aromatic heterocycles. The molecular weight excluding hydrogens is 617 g/mol. The predicted molar refractivity (Wildman–Crippen MR) is 167 cm³/mol. The zero-order chi connectivity index (χ0) is 30.7. The highest BCUT2D eigenvalue weighted by Gasteiger charge is 2.39. The second kappa shape index (κ2) is 10.4. The van der Waals surface area contributed by atoms with Crippen molar-refractivity contribution < 1.29 is 26.4 Å². The van der Waals surface area contributed by atoms with Crippen LogP contribution in [0.15, 0.2) is 80.2 Å². The van der Waals surface area contributed by atoms with Crippen molar-refractivity contribution in [1.29, 1.82) is 0 Å². The van der Waals surface area contributed by atoms with Crippen LogP contribution in [-0.2, 0) is 20.0 Å². The molecule has 4 aromatic carbocycles. The predicted octanol–water partition coefficient (Wildman–Crippen LogP) is 4.42. The smallest absolute Gasteiger partial charge is 0.261 e. The molecular formula is C28H24N4O6S4. The van der Waals surface area contributed by atoms with Gasteiger partial charge in [-0.15, -0.1) is 25.3 Å². The number of fused-ring (bicyclic) bond motifs is 2. The number of carbonyl (C=O) groups is 2. The van der Waals surface area contributed by atoms with Gasteiger partial charge in [-0.2, -0.15) is 0 Å². The molecule has 1 aliphatic rings. The molecule has 0 unspecified atom stereocenters. The first-order valence-corrected chi connectivity index (χ1v) is 16.1. The van der Waals surface area contributed by atoms with E-state index < -0.39 is 31.6 Å². The largest absolute Gasteiger partial charge is 0.397 e. The van der Waals surface area contributed by atoms with E-state index in [0.717, 1.165) is 11.1 Å². The number of anilines is 4. The van der Waals surface area contributed by atoms with Gasteiger partial charge in [-0.05, 0) is 50.2 Å². The maximum Gasteiger partial charge on any atom is 0.261 e. The van der Waals surface area contributed by atoms with Gasteiger partial charge < -0.3 is 11.5 Å². The molecule has 4 aromatic rings. The van der Waals surface area contributed by atoms with Crippen LogP contribution in [0.3, 0.4) is 0 Å². The van der Waals surface area contributed by atoms with E-state index in [4.69, 9.17) is 11.5 Å². The number of hydrogen-bond donors (Lipinski definition) is 6. The number of ketones is 2. The van der Waals surface area contributed by atoms with Gasteiger partial charge in [0.05, 0.1) is 54.8 Å². The quantitative estimate of drug-likeness (QED) is 0.117. The highest BCUT2D eigenvalue weighted by Crippen LogP contribution is 2.44. The van der Waals surface area contributed by atoms with Gasteiger partial charge in [0.25, 0.3) is 20.0 Å². The van der Waals surface area contributed by atoms with Crippen LogP contribution in [0.1, 0.15) is 43.0 Å². The molecule has 10 nitrogen and oxygen atoms in total. The Hall–Kier alpha value is -3.98. The Balaban J connectivity index is 1.69. The molecule has 1 aliphatic carbocycles. The third-order valence-corrected chi connectivity index (χ3v) is 10.3. The molecule has 0 atom stereocenters. The lowest BCUT2D eigenvalue weighted by Crippen LogP contribution is -2.28. The Morgan fingerprint density at radius 1 is 0.571 bits per heavy atom. The molecule has 6 N–H and O–H groups in total. The van der Waals surface area contributed by atoms with Gasteiger partial charge in [0, 0.05) is 9.79 Å². The van der Waals surface area contributed by atoms with E-state index in [9.17, 15) is 26.4 Å². The zero-order valence-electron chi connectivity index (χ0n) is 22.1. The Labute approximate surface area is 253 Å². The van der Waals surface area contributed by atoms with Gasteiger partial charge in [0.1, 0.15) is 0 Å². The number of nitrogens with two attached hydrogens (primary N) is 2. The maximum absolute atomic E-state index is 14.0. The molecule has 0 spiro atoms. The summed E-state index contributed by atoms with van der Waals surface area (Å²) in [6.45, 7) is 3.59. The molecule has 0 amide bonds. The van der Waals surface area contributed by atoms with Crippen LogP contribution in [0.2, 0.25) is 0 Å². The monoisotopic (exact) mass is 640 g/mol. The molecule has 14 heteroatoms. The van der Waals surface area contributed by atoms with Crippen LogP contribution in [0.4, 0.5) is 22.7 Å². The molecule has 5 rings (SSSR count). The molecule has 0 heterocycles. The van der Waals surface area contributed by atoms with Crippen molar-refractivity contribution in [3.8, 4) is 0 Å². The summed E-state index contributed by atoms with van der Waals surface area (Å²) >= 11 is 8.62. The van der Waals surface area contributed by atoms with Crippen molar-refractivity contribution >= 4 is 79.6 Å². The van der Waals surface area contributed by atoms with Crippen molar-refractivity contribution in [2.75, 3.05) is 20.9 Å². The van der Waals surface area contributed by atoms with E-state index >= 15 is 0 Å². The maximum atomic E-state index is 14.0. The van der Waals surface area contributed by atoms with Crippen LogP contribution >= 0.6 is 25.3 Å². The third-order valence-electron chi connectivity index (χ3n) is 6.75. The van der Waals surface area contributed by atoms with Gasteiger partial charge in [-0.3, -0.25) is 19.0 Å². The third kappa shape index (κ3) is 5.00. The van der Waals surface area contributed by atoms with E-state index in [-0.39, 0.29) is 64.6 Å². The number of nitrogen functional groups attached to an aromatic ring is 2. The van der Waals surface area contributed by atoms with E-state index in [0.29, 0.717) is 0 Å². The Morgan fingerprint density at radius 3 is 1.19 bits per heavy atom. The van der Waals surface area contributed by atoms with E-state index in [1.807, 2.05) is 0 Å². The first kappa shape index (κ1) is 29.5. The number of thiol groups is 2. The van der Waals surface area contributed by atoms with Gasteiger partial charge in [0.2, 0.25) is 0 Å². The standard InChI is InChI=1S/C28H24N4O6S4/c1-13-3-7-15(8-4-13)41(35,36)31-17-11-19(39)25(29)23-21(17)27(33)24-22(28(23)34)18(12-20(40)26(24)30)32-42(37,38)16-9-5-14(2)6-10-16/h3-12,31-32,39-40H,29-30H2,1-2H3. The molecule has 0 fully saturated rings. The van der Waals surface area contributed by atoms with E-state index in [1.54, 1.807) is 38.1 Å². The Bertz CT molecular complexity index is 1890. The minimum absolute atomic E-state index is 0.0144. The van der Waals surface area contributed by atoms with Gasteiger partial charge in [-0.25, -0.2) is 16.8 Å².